The number of non-ortho nitro benzene ring substituents is 1. The summed E-state index contributed by atoms with van der Waals surface area (Å²) in [6.45, 7) is 0.333. The van der Waals surface area contributed by atoms with Gasteiger partial charge in [-0.1, -0.05) is 23.7 Å². The van der Waals surface area contributed by atoms with Gasteiger partial charge in [-0.2, -0.15) is 0 Å². The summed E-state index contributed by atoms with van der Waals surface area (Å²) in [6, 6.07) is 17.0. The number of halogens is 1. The van der Waals surface area contributed by atoms with Crippen LogP contribution in [0, 0.1) is 10.1 Å². The fraction of sp³-hybridized carbons (Fsp3) is 0.150. The second-order valence-electron chi connectivity index (χ2n) is 6.12. The van der Waals surface area contributed by atoms with E-state index in [4.69, 9.17) is 16.0 Å². The van der Waals surface area contributed by atoms with Crippen LogP contribution in [0.5, 0.6) is 0 Å². The van der Waals surface area contributed by atoms with Crippen molar-refractivity contribution in [2.45, 2.75) is 13.0 Å². The van der Waals surface area contributed by atoms with Crippen LogP contribution in [0.3, 0.4) is 0 Å². The lowest BCUT2D eigenvalue weighted by atomic mass is 10.1. The van der Waals surface area contributed by atoms with E-state index in [1.54, 1.807) is 36.2 Å². The first-order valence-corrected chi connectivity index (χ1v) is 8.62. The van der Waals surface area contributed by atoms with Gasteiger partial charge < -0.3 is 9.32 Å². The molecule has 0 unspecified atom stereocenters. The molecule has 0 atom stereocenters. The molecule has 0 N–H and O–H groups in total. The van der Waals surface area contributed by atoms with Gasteiger partial charge in [-0.05, 0) is 42.0 Å². The first-order valence-electron chi connectivity index (χ1n) is 8.24. The maximum Gasteiger partial charge on any atom is 0.269 e. The number of carbonyl (C=O) groups excluding carboxylic acids is 1. The molecule has 1 aromatic heterocycles. The standard InChI is InChI=1S/C20H17ClN2O4/c1-22(20(24)12-14-2-8-17(9-3-14)23(25)26)13-18-10-11-19(27-18)15-4-6-16(21)7-5-15/h2-11H,12-13H2,1H3. The van der Waals surface area contributed by atoms with Crippen molar-refractivity contribution in [1.82, 2.24) is 4.90 Å². The summed E-state index contributed by atoms with van der Waals surface area (Å²) in [5, 5.41) is 11.3. The number of nitro benzene ring substituents is 1. The summed E-state index contributed by atoms with van der Waals surface area (Å²) < 4.78 is 5.81. The normalized spacial score (nSPS) is 10.6. The number of rotatable bonds is 6. The Morgan fingerprint density at radius 1 is 1.07 bits per heavy atom. The molecule has 27 heavy (non-hydrogen) atoms. The highest BCUT2D eigenvalue weighted by Gasteiger charge is 2.14. The van der Waals surface area contributed by atoms with Crippen LogP contribution in [0.15, 0.2) is 65.1 Å². The summed E-state index contributed by atoms with van der Waals surface area (Å²) in [5.41, 5.74) is 1.63. The first kappa shape index (κ1) is 18.7. The summed E-state index contributed by atoms with van der Waals surface area (Å²) in [7, 11) is 1.69. The van der Waals surface area contributed by atoms with Gasteiger partial charge in [0.1, 0.15) is 11.5 Å². The number of hydrogen-bond donors (Lipinski definition) is 0. The Bertz CT molecular complexity index is 949. The van der Waals surface area contributed by atoms with E-state index in [2.05, 4.69) is 0 Å². The van der Waals surface area contributed by atoms with Crippen molar-refractivity contribution in [1.29, 1.82) is 0 Å². The van der Waals surface area contributed by atoms with Crippen LogP contribution in [-0.4, -0.2) is 22.8 Å². The molecule has 6 nitrogen and oxygen atoms in total. The lowest BCUT2D eigenvalue weighted by Gasteiger charge is -2.15. The fourth-order valence-corrected chi connectivity index (χ4v) is 2.73. The minimum Gasteiger partial charge on any atom is -0.459 e. The molecule has 2 aromatic carbocycles. The number of amides is 1. The van der Waals surface area contributed by atoms with E-state index in [1.165, 1.54) is 12.1 Å². The SMILES string of the molecule is CN(Cc1ccc(-c2ccc(Cl)cc2)o1)C(=O)Cc1ccc([N+](=O)[O-])cc1. The molecular weight excluding hydrogens is 368 g/mol. The number of benzene rings is 2. The van der Waals surface area contributed by atoms with E-state index in [-0.39, 0.29) is 18.0 Å². The van der Waals surface area contributed by atoms with Crippen LogP contribution in [0.4, 0.5) is 5.69 Å². The summed E-state index contributed by atoms with van der Waals surface area (Å²) >= 11 is 5.89. The van der Waals surface area contributed by atoms with Crippen LogP contribution >= 0.6 is 11.6 Å². The molecule has 0 fully saturated rings. The molecule has 0 aliphatic rings. The molecule has 1 amide bonds. The Morgan fingerprint density at radius 2 is 1.74 bits per heavy atom. The number of likely N-dealkylation sites (N-methyl/N-ethyl adjacent to an activating group) is 1. The summed E-state index contributed by atoms with van der Waals surface area (Å²) in [5.74, 6) is 1.27. The largest absolute Gasteiger partial charge is 0.459 e. The molecule has 3 aromatic rings. The van der Waals surface area contributed by atoms with Gasteiger partial charge in [0, 0.05) is 29.8 Å². The van der Waals surface area contributed by atoms with Gasteiger partial charge in [-0.15, -0.1) is 0 Å². The van der Waals surface area contributed by atoms with Gasteiger partial charge in [0.15, 0.2) is 0 Å². The van der Waals surface area contributed by atoms with Crippen molar-refractivity contribution >= 4 is 23.2 Å². The Labute approximate surface area is 161 Å². The molecule has 138 valence electrons. The highest BCUT2D eigenvalue weighted by molar-refractivity contribution is 6.30. The van der Waals surface area contributed by atoms with Crippen molar-refractivity contribution in [2.75, 3.05) is 7.05 Å². The van der Waals surface area contributed by atoms with Crippen LogP contribution < -0.4 is 0 Å². The van der Waals surface area contributed by atoms with Crippen molar-refractivity contribution in [3.8, 4) is 11.3 Å². The molecular formula is C20H17ClN2O4. The number of nitro groups is 1. The quantitative estimate of drug-likeness (QED) is 0.455. The average molecular weight is 385 g/mol. The molecule has 0 bridgehead atoms. The van der Waals surface area contributed by atoms with E-state index >= 15 is 0 Å². The smallest absolute Gasteiger partial charge is 0.269 e. The Balaban J connectivity index is 1.61. The minimum atomic E-state index is -0.465. The summed E-state index contributed by atoms with van der Waals surface area (Å²) in [4.78, 5) is 24.2. The monoisotopic (exact) mass is 384 g/mol. The van der Waals surface area contributed by atoms with Gasteiger partial charge in [0.05, 0.1) is 17.9 Å². The molecule has 0 saturated heterocycles. The third-order valence-corrected chi connectivity index (χ3v) is 4.36. The Morgan fingerprint density at radius 3 is 2.37 bits per heavy atom. The van der Waals surface area contributed by atoms with Crippen molar-refractivity contribution in [3.63, 3.8) is 0 Å². The lowest BCUT2D eigenvalue weighted by molar-refractivity contribution is -0.384. The number of carbonyl (C=O) groups is 1. The molecule has 0 aliphatic heterocycles. The van der Waals surface area contributed by atoms with Crippen molar-refractivity contribution in [2.24, 2.45) is 0 Å². The van der Waals surface area contributed by atoms with Crippen LogP contribution in [0.2, 0.25) is 5.02 Å². The molecule has 7 heteroatoms. The van der Waals surface area contributed by atoms with Gasteiger partial charge in [-0.3, -0.25) is 14.9 Å². The molecule has 1 heterocycles. The number of hydrogen-bond acceptors (Lipinski definition) is 4. The molecule has 0 radical (unpaired) electrons. The number of furan rings is 1. The van der Waals surface area contributed by atoms with Crippen LogP contribution in [-0.2, 0) is 17.8 Å². The van der Waals surface area contributed by atoms with Gasteiger partial charge in [0.2, 0.25) is 5.91 Å². The van der Waals surface area contributed by atoms with Crippen molar-refractivity contribution in [3.05, 3.63) is 87.1 Å². The van der Waals surface area contributed by atoms with Crippen LogP contribution in [0.25, 0.3) is 11.3 Å². The van der Waals surface area contributed by atoms with Crippen LogP contribution in [0.1, 0.15) is 11.3 Å². The van der Waals surface area contributed by atoms with E-state index in [0.717, 1.165) is 11.1 Å². The van der Waals surface area contributed by atoms with Gasteiger partial charge in [-0.25, -0.2) is 0 Å². The summed E-state index contributed by atoms with van der Waals surface area (Å²) in [6.07, 6.45) is 0.166. The maximum atomic E-state index is 12.4. The van der Waals surface area contributed by atoms with Gasteiger partial charge in [0.25, 0.3) is 5.69 Å². The van der Waals surface area contributed by atoms with Gasteiger partial charge >= 0.3 is 0 Å². The zero-order valence-electron chi connectivity index (χ0n) is 14.6. The average Bonchev–Trinajstić information content (AvgIpc) is 3.11. The predicted molar refractivity (Wildman–Crippen MR) is 102 cm³/mol. The van der Waals surface area contributed by atoms with E-state index in [9.17, 15) is 14.9 Å². The van der Waals surface area contributed by atoms with E-state index in [0.29, 0.717) is 23.1 Å². The lowest BCUT2D eigenvalue weighted by Crippen LogP contribution is -2.27. The minimum absolute atomic E-state index is 0.00451. The third-order valence-electron chi connectivity index (χ3n) is 4.11. The maximum absolute atomic E-state index is 12.4. The molecule has 3 rings (SSSR count). The Kier molecular flexibility index (Phi) is 5.57. The number of nitrogens with zero attached hydrogens (tertiary/aromatic N) is 2. The third kappa shape index (κ3) is 4.74. The zero-order valence-corrected chi connectivity index (χ0v) is 15.3. The predicted octanol–water partition coefficient (Wildman–Crippen LogP) is 4.71. The molecule has 0 spiro atoms. The second-order valence-corrected chi connectivity index (χ2v) is 6.56. The van der Waals surface area contributed by atoms with E-state index < -0.39 is 4.92 Å². The highest BCUT2D eigenvalue weighted by atomic mass is 35.5. The zero-order chi connectivity index (χ0) is 19.4. The fourth-order valence-electron chi connectivity index (χ4n) is 2.60. The molecule has 0 saturated carbocycles. The Hall–Kier alpha value is -3.12. The van der Waals surface area contributed by atoms with E-state index in [1.807, 2.05) is 24.3 Å². The second kappa shape index (κ2) is 8.05. The topological polar surface area (TPSA) is 76.6 Å². The molecule has 0 aliphatic carbocycles. The first-order chi connectivity index (χ1) is 12.9. The highest BCUT2D eigenvalue weighted by Crippen LogP contribution is 2.24. The van der Waals surface area contributed by atoms with Crippen molar-refractivity contribution < 1.29 is 14.1 Å².